The maximum absolute atomic E-state index is 5.85. The first-order valence-corrected chi connectivity index (χ1v) is 4.70. The molecule has 5 heteroatoms. The fourth-order valence-corrected chi connectivity index (χ4v) is 1.33. The smallest absolute Gasteiger partial charge is 0.168 e. The number of aromatic nitrogens is 4. The highest BCUT2D eigenvalue weighted by atomic mass is 35.5. The van der Waals surface area contributed by atoms with Crippen LogP contribution >= 0.6 is 11.6 Å². The zero-order valence-electron chi connectivity index (χ0n) is 7.68. The standard InChI is InChI=1S/C9H9ClN4/c1-2-3-4-14-6-13-7-8(10)11-5-12-9(7)14/h3-6H,2H2,1H3/b4-3+. The monoisotopic (exact) mass is 208 g/mol. The fourth-order valence-electron chi connectivity index (χ4n) is 1.15. The van der Waals surface area contributed by atoms with Gasteiger partial charge in [-0.2, -0.15) is 0 Å². The van der Waals surface area contributed by atoms with Crippen LogP contribution in [0.1, 0.15) is 13.3 Å². The van der Waals surface area contributed by atoms with Gasteiger partial charge in [-0.15, -0.1) is 0 Å². The van der Waals surface area contributed by atoms with Crippen molar-refractivity contribution in [3.05, 3.63) is 23.9 Å². The molecule has 0 amide bonds. The predicted octanol–water partition coefficient (Wildman–Crippen LogP) is 2.36. The first-order valence-electron chi connectivity index (χ1n) is 4.32. The molecule has 0 unspecified atom stereocenters. The maximum atomic E-state index is 5.85. The van der Waals surface area contributed by atoms with E-state index in [1.54, 1.807) is 6.33 Å². The Kier molecular flexibility index (Phi) is 2.45. The third-order valence-electron chi connectivity index (χ3n) is 1.82. The zero-order valence-corrected chi connectivity index (χ0v) is 8.44. The van der Waals surface area contributed by atoms with Crippen LogP contribution in [0.4, 0.5) is 0 Å². The molecule has 0 N–H and O–H groups in total. The second-order valence-electron chi connectivity index (χ2n) is 2.78. The summed E-state index contributed by atoms with van der Waals surface area (Å²) in [5.41, 5.74) is 1.37. The fraction of sp³-hybridized carbons (Fsp3) is 0.222. The van der Waals surface area contributed by atoms with E-state index < -0.39 is 0 Å². The molecule has 0 aliphatic rings. The summed E-state index contributed by atoms with van der Waals surface area (Å²) in [4.78, 5) is 12.1. The van der Waals surface area contributed by atoms with Gasteiger partial charge in [0.1, 0.15) is 18.2 Å². The lowest BCUT2D eigenvalue weighted by Gasteiger charge is -1.94. The molecule has 0 aromatic carbocycles. The molecule has 0 spiro atoms. The molecule has 0 aliphatic carbocycles. The molecule has 72 valence electrons. The molecule has 2 rings (SSSR count). The summed E-state index contributed by atoms with van der Waals surface area (Å²) < 4.78 is 1.83. The van der Waals surface area contributed by atoms with Crippen molar-refractivity contribution in [1.29, 1.82) is 0 Å². The van der Waals surface area contributed by atoms with E-state index in [0.29, 0.717) is 10.7 Å². The average Bonchev–Trinajstić information content (AvgIpc) is 2.60. The Labute approximate surface area is 86.3 Å². The third kappa shape index (κ3) is 1.48. The molecule has 0 bridgehead atoms. The van der Waals surface area contributed by atoms with Gasteiger partial charge in [-0.3, -0.25) is 4.57 Å². The van der Waals surface area contributed by atoms with E-state index in [1.807, 2.05) is 16.8 Å². The number of allylic oxidation sites excluding steroid dienone is 1. The first-order chi connectivity index (χ1) is 6.83. The molecule has 4 nitrogen and oxygen atoms in total. The van der Waals surface area contributed by atoms with E-state index >= 15 is 0 Å². The minimum absolute atomic E-state index is 0.388. The number of hydrogen-bond acceptors (Lipinski definition) is 3. The summed E-state index contributed by atoms with van der Waals surface area (Å²) in [7, 11) is 0. The number of hydrogen-bond donors (Lipinski definition) is 0. The van der Waals surface area contributed by atoms with Crippen LogP contribution in [0.25, 0.3) is 17.4 Å². The van der Waals surface area contributed by atoms with Gasteiger partial charge < -0.3 is 0 Å². The summed E-state index contributed by atoms with van der Waals surface area (Å²) >= 11 is 5.85. The highest BCUT2D eigenvalue weighted by Gasteiger charge is 2.05. The van der Waals surface area contributed by atoms with E-state index in [9.17, 15) is 0 Å². The third-order valence-corrected chi connectivity index (χ3v) is 2.09. The van der Waals surface area contributed by atoms with E-state index in [4.69, 9.17) is 11.6 Å². The van der Waals surface area contributed by atoms with Gasteiger partial charge in [0, 0.05) is 6.20 Å². The summed E-state index contributed by atoms with van der Waals surface area (Å²) in [5.74, 6) is 0. The minimum atomic E-state index is 0.388. The Bertz CT molecular complexity index is 475. The van der Waals surface area contributed by atoms with Gasteiger partial charge in [-0.1, -0.05) is 24.6 Å². The Balaban J connectivity index is 2.58. The molecular weight excluding hydrogens is 200 g/mol. The van der Waals surface area contributed by atoms with Gasteiger partial charge >= 0.3 is 0 Å². The van der Waals surface area contributed by atoms with Crippen molar-refractivity contribution in [1.82, 2.24) is 19.5 Å². The van der Waals surface area contributed by atoms with Gasteiger partial charge in [0.05, 0.1) is 0 Å². The molecule has 2 aromatic heterocycles. The van der Waals surface area contributed by atoms with Gasteiger partial charge in [0.15, 0.2) is 10.8 Å². The summed E-state index contributed by atoms with van der Waals surface area (Å²) in [5, 5.41) is 0.388. The van der Waals surface area contributed by atoms with Crippen molar-refractivity contribution in [2.45, 2.75) is 13.3 Å². The van der Waals surface area contributed by atoms with Gasteiger partial charge in [-0.05, 0) is 6.42 Å². The van der Waals surface area contributed by atoms with E-state index in [1.165, 1.54) is 6.33 Å². The van der Waals surface area contributed by atoms with Crippen LogP contribution in [0.3, 0.4) is 0 Å². The maximum Gasteiger partial charge on any atom is 0.168 e. The first kappa shape index (κ1) is 9.15. The van der Waals surface area contributed by atoms with Crippen LogP contribution in [0.15, 0.2) is 18.7 Å². The highest BCUT2D eigenvalue weighted by Crippen LogP contribution is 2.16. The van der Waals surface area contributed by atoms with Crippen LogP contribution in [0, 0.1) is 0 Å². The van der Waals surface area contributed by atoms with Crippen molar-refractivity contribution in [3.8, 4) is 0 Å². The molecule has 0 saturated heterocycles. The number of fused-ring (bicyclic) bond motifs is 1. The lowest BCUT2D eigenvalue weighted by Crippen LogP contribution is -1.87. The van der Waals surface area contributed by atoms with Crippen LogP contribution in [0.2, 0.25) is 5.15 Å². The second-order valence-corrected chi connectivity index (χ2v) is 3.14. The van der Waals surface area contributed by atoms with Crippen LogP contribution in [-0.4, -0.2) is 19.5 Å². The molecule has 0 saturated carbocycles. The highest BCUT2D eigenvalue weighted by molar-refractivity contribution is 6.33. The van der Waals surface area contributed by atoms with E-state index in [2.05, 4.69) is 21.9 Å². The Morgan fingerprint density at radius 1 is 1.43 bits per heavy atom. The molecule has 0 atom stereocenters. The van der Waals surface area contributed by atoms with E-state index in [-0.39, 0.29) is 0 Å². The second kappa shape index (κ2) is 3.75. The van der Waals surface area contributed by atoms with Gasteiger partial charge in [0.25, 0.3) is 0 Å². The molecule has 0 radical (unpaired) electrons. The minimum Gasteiger partial charge on any atom is -0.290 e. The lowest BCUT2D eigenvalue weighted by molar-refractivity contribution is 1.11. The average molecular weight is 209 g/mol. The Morgan fingerprint density at radius 2 is 2.29 bits per heavy atom. The van der Waals surface area contributed by atoms with E-state index in [0.717, 1.165) is 12.1 Å². The van der Waals surface area contributed by atoms with Crippen molar-refractivity contribution in [2.75, 3.05) is 0 Å². The predicted molar refractivity (Wildman–Crippen MR) is 56.0 cm³/mol. The largest absolute Gasteiger partial charge is 0.290 e. The molecule has 14 heavy (non-hydrogen) atoms. The van der Waals surface area contributed by atoms with Crippen LogP contribution in [-0.2, 0) is 0 Å². The summed E-state index contributed by atoms with van der Waals surface area (Å²) in [6.45, 7) is 2.07. The number of halogens is 1. The van der Waals surface area contributed by atoms with Crippen LogP contribution in [0.5, 0.6) is 0 Å². The Hall–Kier alpha value is -1.42. The Morgan fingerprint density at radius 3 is 3.07 bits per heavy atom. The summed E-state index contributed by atoms with van der Waals surface area (Å²) in [6.07, 6.45) is 8.02. The zero-order chi connectivity index (χ0) is 9.97. The summed E-state index contributed by atoms with van der Waals surface area (Å²) in [6, 6.07) is 0. The SMILES string of the molecule is CC/C=C/n1cnc2c(Cl)ncnc21. The van der Waals surface area contributed by atoms with Crippen molar-refractivity contribution in [3.63, 3.8) is 0 Å². The number of rotatable bonds is 2. The topological polar surface area (TPSA) is 43.6 Å². The quantitative estimate of drug-likeness (QED) is 0.712. The van der Waals surface area contributed by atoms with Gasteiger partial charge in [-0.25, -0.2) is 15.0 Å². The number of nitrogens with zero attached hydrogens (tertiary/aromatic N) is 4. The van der Waals surface area contributed by atoms with Crippen molar-refractivity contribution < 1.29 is 0 Å². The van der Waals surface area contributed by atoms with Crippen molar-refractivity contribution >= 4 is 29.0 Å². The lowest BCUT2D eigenvalue weighted by atomic mass is 10.5. The molecule has 0 aliphatic heterocycles. The number of imidazole rings is 1. The normalized spacial score (nSPS) is 11.6. The van der Waals surface area contributed by atoms with Crippen molar-refractivity contribution in [2.24, 2.45) is 0 Å². The molecule has 2 aromatic rings. The molecule has 2 heterocycles. The van der Waals surface area contributed by atoms with Crippen LogP contribution < -0.4 is 0 Å². The molecular formula is C9H9ClN4. The molecule has 0 fully saturated rings. The van der Waals surface area contributed by atoms with Gasteiger partial charge in [0.2, 0.25) is 0 Å².